The van der Waals surface area contributed by atoms with Gasteiger partial charge in [-0.2, -0.15) is 0 Å². The molecule has 3 aromatic carbocycles. The van der Waals surface area contributed by atoms with E-state index in [1.165, 1.54) is 99.3 Å². The predicted molar refractivity (Wildman–Crippen MR) is 187 cm³/mol. The second kappa shape index (κ2) is 23.6. The molecule has 5 rings (SSSR count). The van der Waals surface area contributed by atoms with Gasteiger partial charge >= 0.3 is 0 Å². The minimum atomic E-state index is 0. The van der Waals surface area contributed by atoms with E-state index in [0.717, 1.165) is 22.5 Å². The third-order valence-electron chi connectivity index (χ3n) is 7.99. The molecule has 0 amide bonds. The Kier molecular flexibility index (Phi) is 20.2. The molecule has 0 saturated carbocycles. The molecule has 4 heteroatoms. The van der Waals surface area contributed by atoms with E-state index in [2.05, 4.69) is 90.5 Å². The molecule has 0 atom stereocenters. The summed E-state index contributed by atoms with van der Waals surface area (Å²) in [5.41, 5.74) is 9.37. The average molecular weight is 965 g/mol. The number of unbranched alkanes of at least 4 members (excludes halogenated alkanes) is 8. The fraction of sp³-hybridized carbons (Fsp3) is 0.333. The maximum Gasteiger partial charge on any atom is 0.0160 e. The predicted octanol–water partition coefficient (Wildman–Crippen LogP) is 11.8. The first kappa shape index (κ1) is 39.4. The van der Waals surface area contributed by atoms with Crippen LogP contribution < -0.4 is 0 Å². The van der Waals surface area contributed by atoms with Crippen molar-refractivity contribution in [2.45, 2.75) is 90.9 Å². The molecule has 0 spiro atoms. The summed E-state index contributed by atoms with van der Waals surface area (Å²) in [5, 5.41) is 0. The van der Waals surface area contributed by atoms with Crippen LogP contribution in [0.25, 0.3) is 33.6 Å². The topological polar surface area (TPSA) is 25.8 Å². The zero-order chi connectivity index (χ0) is 30.7. The molecule has 0 bridgehead atoms. The summed E-state index contributed by atoms with van der Waals surface area (Å²) in [4.78, 5) is 8.77. The van der Waals surface area contributed by atoms with Gasteiger partial charge in [0, 0.05) is 52.6 Å². The van der Waals surface area contributed by atoms with Gasteiger partial charge in [0.25, 0.3) is 0 Å². The molecule has 0 fully saturated rings. The maximum atomic E-state index is 4.42. The SMILES string of the molecule is CCCCCCCCc1c[c-]c(-c2ccccn2)cc1.CCCCCCc1ccc(-c2cc[c-]c(-c3ccccn3)c2)cc1.[Ir].[Ir]. The van der Waals surface area contributed by atoms with Crippen molar-refractivity contribution in [1.82, 2.24) is 9.97 Å². The molecule has 46 heavy (non-hydrogen) atoms. The first-order chi connectivity index (χ1) is 21.8. The molecular weight excluding hydrogens is 917 g/mol. The zero-order valence-corrected chi connectivity index (χ0v) is 32.2. The molecule has 2 nitrogen and oxygen atoms in total. The van der Waals surface area contributed by atoms with E-state index in [1.54, 1.807) is 0 Å². The molecule has 0 N–H and O–H groups in total. The fourth-order valence-electron chi connectivity index (χ4n) is 5.34. The van der Waals surface area contributed by atoms with Crippen molar-refractivity contribution < 1.29 is 40.2 Å². The summed E-state index contributed by atoms with van der Waals surface area (Å²) in [6.07, 6.45) is 19.4. The number of benzene rings is 3. The van der Waals surface area contributed by atoms with Crippen molar-refractivity contribution in [1.29, 1.82) is 0 Å². The number of hydrogen-bond donors (Lipinski definition) is 0. The van der Waals surface area contributed by atoms with E-state index < -0.39 is 0 Å². The first-order valence-corrected chi connectivity index (χ1v) is 16.7. The van der Waals surface area contributed by atoms with Crippen molar-refractivity contribution in [3.8, 4) is 33.6 Å². The zero-order valence-electron chi connectivity index (χ0n) is 27.4. The molecule has 0 unspecified atom stereocenters. The van der Waals surface area contributed by atoms with Crippen molar-refractivity contribution in [2.24, 2.45) is 0 Å². The van der Waals surface area contributed by atoms with Gasteiger partial charge in [0.15, 0.2) is 0 Å². The number of hydrogen-bond acceptors (Lipinski definition) is 2. The number of nitrogens with zero attached hydrogens (tertiary/aromatic N) is 2. The van der Waals surface area contributed by atoms with Gasteiger partial charge in [0.05, 0.1) is 0 Å². The van der Waals surface area contributed by atoms with Gasteiger partial charge in [-0.15, -0.1) is 70.8 Å². The summed E-state index contributed by atoms with van der Waals surface area (Å²) in [6.45, 7) is 4.52. The van der Waals surface area contributed by atoms with Gasteiger partial charge in [-0.1, -0.05) is 127 Å². The van der Waals surface area contributed by atoms with E-state index in [0.29, 0.717) is 0 Å². The van der Waals surface area contributed by atoms with Crippen LogP contribution in [0.1, 0.15) is 89.2 Å². The molecule has 246 valence electrons. The molecule has 2 radical (unpaired) electrons. The molecule has 0 aliphatic heterocycles. The van der Waals surface area contributed by atoms with Crippen LogP contribution in [0.3, 0.4) is 0 Å². The number of pyridine rings is 2. The molecule has 2 aromatic heterocycles. The number of aryl methyl sites for hydroxylation is 2. The Hall–Kier alpha value is -2.74. The first-order valence-electron chi connectivity index (χ1n) is 16.7. The standard InChI is InChI=1S/C23H24N.C19H24N.2Ir/c1-2-3-4-5-9-19-13-15-20(16-14-19)21-10-8-11-22(18-21)23-12-6-7-17-24-23;1-2-3-4-5-6-7-10-17-12-14-18(15-13-17)19-11-8-9-16-20-19;;/h6-8,10,12-18H,2-5,9H2,1H3;8-9,11-14,16H,2-7,10H2,1H3;;/q2*-1;;. The van der Waals surface area contributed by atoms with E-state index >= 15 is 0 Å². The van der Waals surface area contributed by atoms with Crippen LogP contribution >= 0.6 is 0 Å². The largest absolute Gasteiger partial charge is 0.305 e. The number of aromatic nitrogens is 2. The van der Waals surface area contributed by atoms with Crippen molar-refractivity contribution in [2.75, 3.05) is 0 Å². The molecular formula is C42H48Ir2N2-2. The third-order valence-corrected chi connectivity index (χ3v) is 7.99. The fourth-order valence-corrected chi connectivity index (χ4v) is 5.34. The Morgan fingerprint density at radius 2 is 1.07 bits per heavy atom. The van der Waals surface area contributed by atoms with E-state index in [1.807, 2.05) is 54.9 Å². The van der Waals surface area contributed by atoms with Crippen LogP contribution in [0.4, 0.5) is 0 Å². The van der Waals surface area contributed by atoms with Gasteiger partial charge in [-0.05, 0) is 47.5 Å². The van der Waals surface area contributed by atoms with Crippen molar-refractivity contribution >= 4 is 0 Å². The molecule has 0 aliphatic rings. The van der Waals surface area contributed by atoms with Crippen LogP contribution in [0, 0.1) is 12.1 Å². The quantitative estimate of drug-likeness (QED) is 0.0772. The number of rotatable bonds is 15. The third kappa shape index (κ3) is 13.9. The van der Waals surface area contributed by atoms with E-state index in [4.69, 9.17) is 0 Å². The molecule has 2 heterocycles. The van der Waals surface area contributed by atoms with Gasteiger partial charge in [0.2, 0.25) is 0 Å². The minimum Gasteiger partial charge on any atom is -0.305 e. The van der Waals surface area contributed by atoms with Gasteiger partial charge < -0.3 is 9.97 Å². The summed E-state index contributed by atoms with van der Waals surface area (Å²) >= 11 is 0. The molecule has 0 aliphatic carbocycles. The van der Waals surface area contributed by atoms with Crippen LogP contribution in [0.5, 0.6) is 0 Å². The Balaban J connectivity index is 0.000000312. The Morgan fingerprint density at radius 3 is 1.65 bits per heavy atom. The van der Waals surface area contributed by atoms with Crippen molar-refractivity contribution in [3.05, 3.63) is 133 Å². The van der Waals surface area contributed by atoms with E-state index in [9.17, 15) is 0 Å². The Morgan fingerprint density at radius 1 is 0.500 bits per heavy atom. The van der Waals surface area contributed by atoms with Crippen LogP contribution in [0.15, 0.2) is 109 Å². The maximum absolute atomic E-state index is 4.42. The minimum absolute atomic E-state index is 0. The molecule has 0 saturated heterocycles. The van der Waals surface area contributed by atoms with E-state index in [-0.39, 0.29) is 40.2 Å². The summed E-state index contributed by atoms with van der Waals surface area (Å²) < 4.78 is 0. The Bertz CT molecular complexity index is 1450. The monoisotopic (exact) mass is 966 g/mol. The summed E-state index contributed by atoms with van der Waals surface area (Å²) in [7, 11) is 0. The van der Waals surface area contributed by atoms with Crippen LogP contribution in [-0.4, -0.2) is 9.97 Å². The van der Waals surface area contributed by atoms with Crippen LogP contribution in [0.2, 0.25) is 0 Å². The normalized spacial score (nSPS) is 10.2. The average Bonchev–Trinajstić information content (AvgIpc) is 3.10. The summed E-state index contributed by atoms with van der Waals surface area (Å²) in [6, 6.07) is 40.3. The second-order valence-electron chi connectivity index (χ2n) is 11.6. The second-order valence-corrected chi connectivity index (χ2v) is 11.6. The van der Waals surface area contributed by atoms with Gasteiger partial charge in [-0.3, -0.25) is 0 Å². The molecule has 5 aromatic rings. The Labute approximate surface area is 305 Å². The summed E-state index contributed by atoms with van der Waals surface area (Å²) in [5.74, 6) is 0. The smallest absolute Gasteiger partial charge is 0.0160 e. The van der Waals surface area contributed by atoms with Crippen LogP contribution in [-0.2, 0) is 53.1 Å². The van der Waals surface area contributed by atoms with Crippen molar-refractivity contribution in [3.63, 3.8) is 0 Å². The van der Waals surface area contributed by atoms with Gasteiger partial charge in [-0.25, -0.2) is 0 Å². The van der Waals surface area contributed by atoms with Gasteiger partial charge in [0.1, 0.15) is 0 Å².